The van der Waals surface area contributed by atoms with Gasteiger partial charge in [0.1, 0.15) is 18.0 Å². The first-order valence-electron chi connectivity index (χ1n) is 17.8. The molecule has 1 aromatic carbocycles. The van der Waals surface area contributed by atoms with Crippen molar-refractivity contribution in [3.8, 4) is 0 Å². The lowest BCUT2D eigenvalue weighted by Gasteiger charge is -2.46. The maximum atomic E-state index is 13.6. The average Bonchev–Trinajstić information content (AvgIpc) is 3.61. The van der Waals surface area contributed by atoms with Crippen molar-refractivity contribution in [2.75, 3.05) is 24.6 Å². The normalized spacial score (nSPS) is 21.8. The Hall–Kier alpha value is -3.31. The number of amides is 2. The van der Waals surface area contributed by atoms with Crippen LogP contribution in [0.5, 0.6) is 0 Å². The molecule has 0 saturated carbocycles. The van der Waals surface area contributed by atoms with Crippen LogP contribution in [0.25, 0.3) is 0 Å². The third-order valence-corrected chi connectivity index (χ3v) is 17.4. The fourth-order valence-corrected chi connectivity index (χ4v) is 9.88. The van der Waals surface area contributed by atoms with Crippen molar-refractivity contribution in [1.29, 1.82) is 0 Å². The van der Waals surface area contributed by atoms with Gasteiger partial charge < -0.3 is 29.4 Å². The molecular formula is C36H51N5O8S2Si. The Labute approximate surface area is 314 Å². The minimum atomic E-state index is -1.98. The monoisotopic (exact) mass is 773 g/mol. The van der Waals surface area contributed by atoms with E-state index in [-0.39, 0.29) is 58.1 Å². The highest BCUT2D eigenvalue weighted by molar-refractivity contribution is 8.03. The number of β-lactam (4-membered cyclic amide) rings is 1. The second-order valence-corrected chi connectivity index (χ2v) is 23.0. The third-order valence-electron chi connectivity index (χ3n) is 10.5. The van der Waals surface area contributed by atoms with Crippen molar-refractivity contribution < 1.29 is 33.6 Å². The largest absolute Gasteiger partial charge is 0.456 e. The number of hydrogen-bond donors (Lipinski definition) is 2. The Kier molecular flexibility index (Phi) is 11.9. The fourth-order valence-electron chi connectivity index (χ4n) is 6.48. The first-order valence-corrected chi connectivity index (χ1v) is 22.4. The zero-order valence-electron chi connectivity index (χ0n) is 31.4. The molecule has 1 aromatic heterocycles. The van der Waals surface area contributed by atoms with Crippen molar-refractivity contribution in [2.45, 2.75) is 103 Å². The number of aliphatic hydroxyl groups excluding tert-OH is 1. The highest BCUT2D eigenvalue weighted by Crippen LogP contribution is 2.52. The van der Waals surface area contributed by atoms with Crippen LogP contribution < -0.4 is 10.2 Å². The molecule has 3 aliphatic rings. The minimum Gasteiger partial charge on any atom is -0.456 e. The van der Waals surface area contributed by atoms with Crippen LogP contribution in [0.4, 0.5) is 10.8 Å². The summed E-state index contributed by atoms with van der Waals surface area (Å²) < 4.78 is 12.1. The lowest BCUT2D eigenvalue weighted by Crippen LogP contribution is -2.63. The highest BCUT2D eigenvalue weighted by atomic mass is 32.2. The molecule has 3 aliphatic heterocycles. The number of carbonyl (C=O) groups is 3. The van der Waals surface area contributed by atoms with Gasteiger partial charge in [0.2, 0.25) is 5.91 Å². The molecule has 284 valence electrons. The molecule has 2 aromatic rings. The Balaban J connectivity index is 1.22. The van der Waals surface area contributed by atoms with E-state index in [0.29, 0.717) is 36.9 Å². The molecule has 52 heavy (non-hydrogen) atoms. The van der Waals surface area contributed by atoms with Gasteiger partial charge in [-0.05, 0) is 55.1 Å². The van der Waals surface area contributed by atoms with Crippen LogP contribution in [0.3, 0.4) is 0 Å². The third kappa shape index (κ3) is 8.40. The number of nitrogens with zero attached hydrogens (tertiary/aromatic N) is 4. The molecule has 0 spiro atoms. The van der Waals surface area contributed by atoms with Gasteiger partial charge in [-0.3, -0.25) is 19.7 Å². The maximum absolute atomic E-state index is 13.6. The van der Waals surface area contributed by atoms with E-state index >= 15 is 0 Å². The fraction of sp³-hybridized carbons (Fsp3) is 0.611. The molecule has 2 saturated heterocycles. The number of nitro benzene ring substituents is 1. The van der Waals surface area contributed by atoms with Crippen LogP contribution in [-0.2, 0) is 25.4 Å². The predicted octanol–water partition coefficient (Wildman–Crippen LogP) is 5.95. The molecule has 5 atom stereocenters. The second-order valence-electron chi connectivity index (χ2n) is 16.0. The number of carbonyl (C=O) groups excluding carboxylic acids is 3. The molecule has 16 heteroatoms. The number of anilines is 1. The number of benzene rings is 1. The highest BCUT2D eigenvalue weighted by Gasteiger charge is 2.60. The topological polar surface area (TPSA) is 164 Å². The van der Waals surface area contributed by atoms with E-state index in [0.717, 1.165) is 16.5 Å². The quantitative estimate of drug-likeness (QED) is 0.0723. The number of rotatable bonds is 15. The summed E-state index contributed by atoms with van der Waals surface area (Å²) in [5.41, 5.74) is 1.08. The number of non-ortho nitro benzene ring substituents is 1. The van der Waals surface area contributed by atoms with E-state index in [1.54, 1.807) is 12.3 Å². The van der Waals surface area contributed by atoms with E-state index in [2.05, 4.69) is 62.9 Å². The van der Waals surface area contributed by atoms with Crippen LogP contribution in [0.2, 0.25) is 18.1 Å². The molecule has 0 bridgehead atoms. The summed E-state index contributed by atoms with van der Waals surface area (Å²) in [4.78, 5) is 59.5. The molecule has 2 N–H and O–H groups in total. The van der Waals surface area contributed by atoms with E-state index in [1.807, 2.05) is 6.92 Å². The first kappa shape index (κ1) is 39.9. The van der Waals surface area contributed by atoms with E-state index in [1.165, 1.54) is 52.3 Å². The van der Waals surface area contributed by atoms with E-state index in [4.69, 9.17) is 9.16 Å². The molecule has 0 radical (unpaired) electrons. The molecule has 5 rings (SSSR count). The SMILES string of the molecule is CC(C)C[C@@H](CO[Si](C)(C)C(C)(C)C)NC(=O)c1csc(N2CC(SC3=C(C(=O)OCc4ccc([N+](=O)[O-])cc4)N4C(=O)[C@H]([C@@H](C)O)[C@H]4[C@H]3C)C2)n1. The molecule has 4 heterocycles. The summed E-state index contributed by atoms with van der Waals surface area (Å²) >= 11 is 2.95. The molecule has 13 nitrogen and oxygen atoms in total. The maximum Gasteiger partial charge on any atom is 0.356 e. The zero-order valence-corrected chi connectivity index (χ0v) is 34.0. The van der Waals surface area contributed by atoms with Crippen LogP contribution in [-0.4, -0.2) is 89.1 Å². The van der Waals surface area contributed by atoms with Gasteiger partial charge in [0.05, 0.1) is 35.6 Å². The number of nitro groups is 1. The Bertz CT molecular complexity index is 1700. The van der Waals surface area contributed by atoms with Crippen LogP contribution in [0, 0.1) is 27.9 Å². The number of nitrogens with one attached hydrogen (secondary N) is 1. The molecule has 0 aliphatic carbocycles. The van der Waals surface area contributed by atoms with Gasteiger partial charge in [-0.15, -0.1) is 23.1 Å². The lowest BCUT2D eigenvalue weighted by molar-refractivity contribution is -0.384. The van der Waals surface area contributed by atoms with Crippen LogP contribution in [0.15, 0.2) is 40.2 Å². The number of thioether (sulfide) groups is 1. The Morgan fingerprint density at radius 3 is 2.42 bits per heavy atom. The van der Waals surface area contributed by atoms with Gasteiger partial charge in [0, 0.05) is 46.7 Å². The minimum absolute atomic E-state index is 0.0658. The van der Waals surface area contributed by atoms with E-state index in [9.17, 15) is 29.6 Å². The Morgan fingerprint density at radius 1 is 1.19 bits per heavy atom. The second kappa shape index (κ2) is 15.6. The molecule has 2 amide bonds. The van der Waals surface area contributed by atoms with Crippen LogP contribution in [0.1, 0.15) is 70.9 Å². The first-order chi connectivity index (χ1) is 24.3. The molecular weight excluding hydrogens is 723 g/mol. The summed E-state index contributed by atoms with van der Waals surface area (Å²) in [6, 6.07) is 5.27. The molecule has 0 unspecified atom stereocenters. The number of fused-ring (bicyclic) bond motifs is 1. The summed E-state index contributed by atoms with van der Waals surface area (Å²) in [5, 5.41) is 27.2. The number of aromatic nitrogens is 1. The summed E-state index contributed by atoms with van der Waals surface area (Å²) in [6.07, 6.45) is -0.0655. The smallest absolute Gasteiger partial charge is 0.356 e. The number of aliphatic hydroxyl groups is 1. The van der Waals surface area contributed by atoms with Crippen molar-refractivity contribution in [1.82, 2.24) is 15.2 Å². The van der Waals surface area contributed by atoms with Gasteiger partial charge in [-0.25, -0.2) is 9.78 Å². The van der Waals surface area contributed by atoms with E-state index < -0.39 is 31.2 Å². The van der Waals surface area contributed by atoms with Gasteiger partial charge >= 0.3 is 5.97 Å². The predicted molar refractivity (Wildman–Crippen MR) is 204 cm³/mol. The van der Waals surface area contributed by atoms with Crippen LogP contribution >= 0.6 is 23.1 Å². The van der Waals surface area contributed by atoms with Gasteiger partial charge in [-0.2, -0.15) is 0 Å². The van der Waals surface area contributed by atoms with Crippen molar-refractivity contribution in [3.63, 3.8) is 0 Å². The lowest BCUT2D eigenvalue weighted by atomic mass is 9.79. The van der Waals surface area contributed by atoms with Crippen molar-refractivity contribution in [2.24, 2.45) is 17.8 Å². The number of thiazole rings is 1. The summed E-state index contributed by atoms with van der Waals surface area (Å²) in [6.45, 7) is 20.5. The number of esters is 1. The summed E-state index contributed by atoms with van der Waals surface area (Å²) in [7, 11) is -1.98. The Morgan fingerprint density at radius 2 is 1.85 bits per heavy atom. The van der Waals surface area contributed by atoms with Crippen molar-refractivity contribution >= 4 is 60.0 Å². The zero-order chi connectivity index (χ0) is 38.3. The van der Waals surface area contributed by atoms with Gasteiger partial charge in [-0.1, -0.05) is 41.5 Å². The number of ether oxygens (including phenoxy) is 1. The summed E-state index contributed by atoms with van der Waals surface area (Å²) in [5.74, 6) is -1.59. The van der Waals surface area contributed by atoms with Gasteiger partial charge in [0.25, 0.3) is 11.6 Å². The standard InChI is InChI=1S/C36H51N5O8S2Si/c1-20(2)14-24(18-49-52(8,9)36(5,6)7)37-32(43)27-19-50-35(38-27)39-15-26(16-39)51-31-21(3)29-28(22(4)42)33(44)40(29)30(31)34(45)48-17-23-10-12-25(13-11-23)41(46)47/h10-13,19-22,24,26,28-29,42H,14-18H2,1-9H3,(H,37,43)/t21-,22-,24+,28-,29-/m1/s1. The van der Waals surface area contributed by atoms with Gasteiger partial charge in [0.15, 0.2) is 13.4 Å². The number of hydrogen-bond acceptors (Lipinski definition) is 12. The van der Waals surface area contributed by atoms with Crippen molar-refractivity contribution in [3.05, 3.63) is 61.6 Å². The average molecular weight is 774 g/mol. The molecule has 2 fully saturated rings.